The summed E-state index contributed by atoms with van der Waals surface area (Å²) in [4.78, 5) is 12.6. The summed E-state index contributed by atoms with van der Waals surface area (Å²) in [5.41, 5.74) is 3.55. The summed E-state index contributed by atoms with van der Waals surface area (Å²) in [6.07, 6.45) is 0.819. The molecular formula is C17H11ClIN3O. The SMILES string of the molecule is O=C1Nc2ccc(Cl)cc2[C@]12C[C@H]2c1ccc2c(I)[nH]nc2c1. The molecule has 1 aliphatic heterocycles. The van der Waals surface area contributed by atoms with Crippen LogP contribution in [0.25, 0.3) is 10.9 Å². The van der Waals surface area contributed by atoms with Gasteiger partial charge in [0.2, 0.25) is 5.91 Å². The average Bonchev–Trinajstić information content (AvgIpc) is 3.12. The molecule has 6 heteroatoms. The summed E-state index contributed by atoms with van der Waals surface area (Å²) in [6.45, 7) is 0. The average molecular weight is 436 g/mol. The maximum atomic E-state index is 12.6. The van der Waals surface area contributed by atoms with E-state index in [4.69, 9.17) is 11.6 Å². The summed E-state index contributed by atoms with van der Waals surface area (Å²) in [6, 6.07) is 11.9. The maximum Gasteiger partial charge on any atom is 0.235 e. The predicted octanol–water partition coefficient (Wildman–Crippen LogP) is 4.20. The standard InChI is InChI=1S/C17H11ClIN3O/c18-9-2-4-13-11(6-9)17(16(23)20-13)7-12(17)8-1-3-10-14(5-8)21-22-15(10)19/h1-6,12H,7H2,(H,20,23)(H,21,22)/t12-,17-/m0/s1. The van der Waals surface area contributed by atoms with Gasteiger partial charge in [0.25, 0.3) is 0 Å². The van der Waals surface area contributed by atoms with Crippen LogP contribution in [-0.2, 0) is 10.2 Å². The van der Waals surface area contributed by atoms with E-state index in [1.807, 2.05) is 18.2 Å². The molecule has 1 saturated carbocycles. The number of halogens is 2. The van der Waals surface area contributed by atoms with E-state index in [-0.39, 0.29) is 11.8 Å². The molecule has 2 N–H and O–H groups in total. The number of rotatable bonds is 1. The van der Waals surface area contributed by atoms with Crippen LogP contribution in [0.1, 0.15) is 23.5 Å². The highest BCUT2D eigenvalue weighted by molar-refractivity contribution is 14.1. The van der Waals surface area contributed by atoms with Gasteiger partial charge >= 0.3 is 0 Å². The highest BCUT2D eigenvalue weighted by atomic mass is 127. The Bertz CT molecular complexity index is 999. The molecule has 2 aromatic carbocycles. The Balaban J connectivity index is 1.62. The van der Waals surface area contributed by atoms with Crippen LogP contribution in [0.5, 0.6) is 0 Å². The molecule has 1 spiro atoms. The van der Waals surface area contributed by atoms with Gasteiger partial charge in [0.15, 0.2) is 0 Å². The summed E-state index contributed by atoms with van der Waals surface area (Å²) >= 11 is 8.39. The topological polar surface area (TPSA) is 57.8 Å². The number of fused-ring (bicyclic) bond motifs is 3. The normalized spacial score (nSPS) is 25.0. The van der Waals surface area contributed by atoms with E-state index < -0.39 is 5.41 Å². The van der Waals surface area contributed by atoms with Gasteiger partial charge in [0.1, 0.15) is 3.70 Å². The van der Waals surface area contributed by atoms with Crippen molar-refractivity contribution in [3.63, 3.8) is 0 Å². The predicted molar refractivity (Wildman–Crippen MR) is 97.9 cm³/mol. The molecule has 0 radical (unpaired) electrons. The number of nitrogens with one attached hydrogen (secondary N) is 2. The van der Waals surface area contributed by atoms with E-state index in [9.17, 15) is 4.79 Å². The second-order valence-corrected chi connectivity index (χ2v) is 7.70. The first kappa shape index (κ1) is 13.8. The Morgan fingerprint density at radius 1 is 1.26 bits per heavy atom. The molecule has 2 atom stereocenters. The van der Waals surface area contributed by atoms with Gasteiger partial charge in [-0.3, -0.25) is 9.89 Å². The third-order valence-electron chi connectivity index (χ3n) is 5.01. The van der Waals surface area contributed by atoms with Gasteiger partial charge in [-0.2, -0.15) is 5.10 Å². The lowest BCUT2D eigenvalue weighted by molar-refractivity contribution is -0.118. The Morgan fingerprint density at radius 2 is 2.13 bits per heavy atom. The maximum absolute atomic E-state index is 12.6. The lowest BCUT2D eigenvalue weighted by atomic mass is 9.92. The molecule has 1 aromatic heterocycles. The molecule has 2 aliphatic rings. The quantitative estimate of drug-likeness (QED) is 0.563. The molecule has 114 valence electrons. The largest absolute Gasteiger partial charge is 0.325 e. The first-order chi connectivity index (χ1) is 11.1. The van der Waals surface area contributed by atoms with E-state index >= 15 is 0 Å². The summed E-state index contributed by atoms with van der Waals surface area (Å²) < 4.78 is 1.03. The van der Waals surface area contributed by atoms with Crippen LogP contribution in [0.15, 0.2) is 36.4 Å². The fourth-order valence-electron chi connectivity index (χ4n) is 3.78. The lowest BCUT2D eigenvalue weighted by Gasteiger charge is -2.09. The van der Waals surface area contributed by atoms with E-state index in [0.717, 1.165) is 37.8 Å². The van der Waals surface area contributed by atoms with Gasteiger partial charge in [-0.05, 0) is 70.5 Å². The third kappa shape index (κ3) is 1.77. The Hall–Kier alpha value is -1.60. The highest BCUT2D eigenvalue weighted by Gasteiger charge is 2.65. The molecule has 3 aromatic rings. The molecule has 2 heterocycles. The van der Waals surface area contributed by atoms with Crippen LogP contribution < -0.4 is 5.32 Å². The monoisotopic (exact) mass is 435 g/mol. The second-order valence-electron chi connectivity index (χ2n) is 6.19. The van der Waals surface area contributed by atoms with Gasteiger partial charge < -0.3 is 5.32 Å². The molecule has 0 bridgehead atoms. The van der Waals surface area contributed by atoms with Crippen molar-refractivity contribution in [3.8, 4) is 0 Å². The number of carbonyl (C=O) groups is 1. The van der Waals surface area contributed by atoms with Crippen LogP contribution in [0, 0.1) is 3.70 Å². The fourth-order valence-corrected chi connectivity index (χ4v) is 4.53. The van der Waals surface area contributed by atoms with Crippen molar-refractivity contribution in [2.24, 2.45) is 0 Å². The summed E-state index contributed by atoms with van der Waals surface area (Å²) in [7, 11) is 0. The minimum atomic E-state index is -0.461. The number of aromatic amines is 1. The molecular weight excluding hydrogens is 425 g/mol. The number of amides is 1. The minimum absolute atomic E-state index is 0.0801. The van der Waals surface area contributed by atoms with Gasteiger partial charge in [-0.1, -0.05) is 17.7 Å². The van der Waals surface area contributed by atoms with Crippen molar-refractivity contribution >= 4 is 56.7 Å². The first-order valence-corrected chi connectivity index (χ1v) is 8.80. The number of hydrogen-bond donors (Lipinski definition) is 2. The Labute approximate surface area is 150 Å². The van der Waals surface area contributed by atoms with Crippen LogP contribution in [0.3, 0.4) is 0 Å². The molecule has 23 heavy (non-hydrogen) atoms. The van der Waals surface area contributed by atoms with E-state index in [1.54, 1.807) is 0 Å². The van der Waals surface area contributed by atoms with E-state index in [0.29, 0.717) is 5.02 Å². The molecule has 1 amide bonds. The van der Waals surface area contributed by atoms with Crippen molar-refractivity contribution in [1.82, 2.24) is 10.2 Å². The van der Waals surface area contributed by atoms with Crippen LogP contribution in [-0.4, -0.2) is 16.1 Å². The number of carbonyl (C=O) groups excluding carboxylic acids is 1. The third-order valence-corrected chi connectivity index (χ3v) is 6.07. The first-order valence-electron chi connectivity index (χ1n) is 7.34. The van der Waals surface area contributed by atoms with Crippen LogP contribution in [0.2, 0.25) is 5.02 Å². The number of aromatic nitrogens is 2. The smallest absolute Gasteiger partial charge is 0.235 e. The van der Waals surface area contributed by atoms with Gasteiger partial charge in [0, 0.05) is 22.0 Å². The minimum Gasteiger partial charge on any atom is -0.325 e. The number of nitrogens with zero attached hydrogens (tertiary/aromatic N) is 1. The zero-order valence-corrected chi connectivity index (χ0v) is 14.8. The summed E-state index contributed by atoms with van der Waals surface area (Å²) in [5, 5.41) is 12.1. The van der Waals surface area contributed by atoms with Gasteiger partial charge in [0.05, 0.1) is 10.9 Å². The zero-order valence-electron chi connectivity index (χ0n) is 11.9. The molecule has 1 fully saturated rings. The molecule has 0 unspecified atom stereocenters. The molecule has 0 saturated heterocycles. The van der Waals surface area contributed by atoms with Crippen molar-refractivity contribution in [3.05, 3.63) is 56.2 Å². The second kappa shape index (κ2) is 4.48. The Morgan fingerprint density at radius 3 is 3.00 bits per heavy atom. The van der Waals surface area contributed by atoms with Crippen LogP contribution >= 0.6 is 34.2 Å². The summed E-state index contributed by atoms with van der Waals surface area (Å²) in [5.74, 6) is 0.262. The molecule has 5 rings (SSSR count). The van der Waals surface area contributed by atoms with Crippen molar-refractivity contribution in [2.45, 2.75) is 17.8 Å². The Kier molecular flexibility index (Phi) is 2.69. The fraction of sp³-hybridized carbons (Fsp3) is 0.176. The van der Waals surface area contributed by atoms with Crippen LogP contribution in [0.4, 0.5) is 5.69 Å². The highest BCUT2D eigenvalue weighted by Crippen LogP contribution is 2.65. The number of hydrogen-bond acceptors (Lipinski definition) is 2. The van der Waals surface area contributed by atoms with Gasteiger partial charge in [-0.15, -0.1) is 0 Å². The van der Waals surface area contributed by atoms with Crippen molar-refractivity contribution in [2.75, 3.05) is 5.32 Å². The van der Waals surface area contributed by atoms with Crippen molar-refractivity contribution < 1.29 is 4.79 Å². The lowest BCUT2D eigenvalue weighted by Crippen LogP contribution is -2.20. The molecule has 1 aliphatic carbocycles. The number of benzene rings is 2. The zero-order chi connectivity index (χ0) is 15.8. The van der Waals surface area contributed by atoms with Gasteiger partial charge in [-0.25, -0.2) is 0 Å². The number of anilines is 1. The number of H-pyrrole nitrogens is 1. The van der Waals surface area contributed by atoms with E-state index in [1.165, 1.54) is 0 Å². The van der Waals surface area contributed by atoms with Crippen molar-refractivity contribution in [1.29, 1.82) is 0 Å². The molecule has 4 nitrogen and oxygen atoms in total. The van der Waals surface area contributed by atoms with E-state index in [2.05, 4.69) is 56.3 Å².